The second-order valence-electron chi connectivity index (χ2n) is 4.25. The van der Waals surface area contributed by atoms with Crippen molar-refractivity contribution in [3.05, 3.63) is 58.6 Å². The van der Waals surface area contributed by atoms with E-state index in [9.17, 15) is 22.4 Å². The number of benzene rings is 2. The molecule has 0 saturated carbocycles. The number of anilines is 2. The Morgan fingerprint density at radius 1 is 1.00 bits per heavy atom. The van der Waals surface area contributed by atoms with E-state index in [1.54, 1.807) is 0 Å². The quantitative estimate of drug-likeness (QED) is 0.657. The fourth-order valence-corrected chi connectivity index (χ4v) is 1.80. The molecule has 2 rings (SSSR count). The van der Waals surface area contributed by atoms with Gasteiger partial charge < -0.3 is 10.6 Å². The van der Waals surface area contributed by atoms with Gasteiger partial charge in [-0.3, -0.25) is 4.79 Å². The van der Waals surface area contributed by atoms with Crippen LogP contribution in [0.3, 0.4) is 0 Å². The van der Waals surface area contributed by atoms with Crippen molar-refractivity contribution in [2.75, 3.05) is 17.2 Å². The van der Waals surface area contributed by atoms with Gasteiger partial charge in [0.05, 0.1) is 17.3 Å². The highest BCUT2D eigenvalue weighted by Gasteiger charge is 2.14. The smallest absolute Gasteiger partial charge is 0.243 e. The summed E-state index contributed by atoms with van der Waals surface area (Å²) in [4.78, 5) is 11.6. The molecule has 22 heavy (non-hydrogen) atoms. The Labute approximate surface area is 127 Å². The number of nitrogens with one attached hydrogen (secondary N) is 2. The Kier molecular flexibility index (Phi) is 4.87. The maximum absolute atomic E-state index is 13.4. The number of rotatable bonds is 4. The average Bonchev–Trinajstić information content (AvgIpc) is 2.48. The summed E-state index contributed by atoms with van der Waals surface area (Å²) in [5.74, 6) is -5.62. The average molecular weight is 333 g/mol. The number of carbonyl (C=O) groups is 1. The van der Waals surface area contributed by atoms with Crippen molar-refractivity contribution < 1.29 is 22.4 Å². The van der Waals surface area contributed by atoms with Crippen LogP contribution in [-0.2, 0) is 4.79 Å². The molecule has 3 nitrogen and oxygen atoms in total. The van der Waals surface area contributed by atoms with E-state index in [1.165, 1.54) is 12.1 Å². The number of halogens is 5. The van der Waals surface area contributed by atoms with Crippen LogP contribution in [0, 0.1) is 23.3 Å². The van der Waals surface area contributed by atoms with Crippen molar-refractivity contribution in [1.29, 1.82) is 0 Å². The molecule has 0 spiro atoms. The van der Waals surface area contributed by atoms with Crippen molar-refractivity contribution in [3.63, 3.8) is 0 Å². The largest absolute Gasteiger partial charge is 0.374 e. The lowest BCUT2D eigenvalue weighted by atomic mass is 10.2. The lowest BCUT2D eigenvalue weighted by molar-refractivity contribution is -0.114. The van der Waals surface area contributed by atoms with Crippen LogP contribution in [0.4, 0.5) is 28.9 Å². The first-order chi connectivity index (χ1) is 10.4. The first-order valence-electron chi connectivity index (χ1n) is 6.00. The van der Waals surface area contributed by atoms with Crippen molar-refractivity contribution in [3.8, 4) is 0 Å². The third-order valence-electron chi connectivity index (χ3n) is 2.68. The Morgan fingerprint density at radius 2 is 1.68 bits per heavy atom. The number of carbonyl (C=O) groups excluding carboxylic acids is 1. The highest BCUT2D eigenvalue weighted by atomic mass is 35.5. The first kappa shape index (κ1) is 16.1. The standard InChI is InChI=1S/C14H9ClF4N2O/c15-8-5-7(1-2-9(8)16)21-12(22)6-20-11-4-3-10(17)13(18)14(11)19/h1-5,20H,6H2,(H,21,22). The summed E-state index contributed by atoms with van der Waals surface area (Å²) in [6, 6.07) is 5.26. The molecule has 0 bridgehead atoms. The van der Waals surface area contributed by atoms with Gasteiger partial charge in [0.1, 0.15) is 5.82 Å². The Hall–Kier alpha value is -2.28. The van der Waals surface area contributed by atoms with Crippen molar-refractivity contribution in [2.24, 2.45) is 0 Å². The van der Waals surface area contributed by atoms with Gasteiger partial charge in [-0.1, -0.05) is 11.6 Å². The molecule has 2 N–H and O–H groups in total. The highest BCUT2D eigenvalue weighted by molar-refractivity contribution is 6.31. The lowest BCUT2D eigenvalue weighted by Crippen LogP contribution is -2.22. The van der Waals surface area contributed by atoms with Crippen LogP contribution >= 0.6 is 11.6 Å². The van der Waals surface area contributed by atoms with Crippen LogP contribution in [0.25, 0.3) is 0 Å². The fourth-order valence-electron chi connectivity index (χ4n) is 1.62. The van der Waals surface area contributed by atoms with Crippen LogP contribution in [0.1, 0.15) is 0 Å². The van der Waals surface area contributed by atoms with E-state index in [2.05, 4.69) is 10.6 Å². The summed E-state index contributed by atoms with van der Waals surface area (Å²) in [5.41, 5.74) is -0.116. The molecule has 0 unspecified atom stereocenters. The molecule has 0 radical (unpaired) electrons. The van der Waals surface area contributed by atoms with E-state index in [-0.39, 0.29) is 16.4 Å². The van der Waals surface area contributed by atoms with Crippen LogP contribution in [0.15, 0.2) is 30.3 Å². The first-order valence-corrected chi connectivity index (χ1v) is 6.38. The van der Waals surface area contributed by atoms with Crippen LogP contribution in [0.5, 0.6) is 0 Å². The minimum atomic E-state index is -1.63. The molecule has 0 aliphatic carbocycles. The zero-order valence-electron chi connectivity index (χ0n) is 10.9. The van der Waals surface area contributed by atoms with E-state index < -0.39 is 35.7 Å². The second-order valence-corrected chi connectivity index (χ2v) is 4.66. The molecule has 0 atom stereocenters. The third-order valence-corrected chi connectivity index (χ3v) is 2.97. The lowest BCUT2D eigenvalue weighted by Gasteiger charge is -2.09. The SMILES string of the molecule is O=C(CNc1ccc(F)c(F)c1F)Nc1ccc(F)c(Cl)c1. The van der Waals surface area contributed by atoms with Crippen molar-refractivity contribution in [1.82, 2.24) is 0 Å². The molecular formula is C14H9ClF4N2O. The van der Waals surface area contributed by atoms with Gasteiger partial charge in [-0.05, 0) is 30.3 Å². The van der Waals surface area contributed by atoms with Crippen molar-refractivity contribution >= 4 is 28.9 Å². The summed E-state index contributed by atoms with van der Waals surface area (Å²) in [6.07, 6.45) is 0. The molecule has 0 saturated heterocycles. The molecule has 0 aliphatic heterocycles. The summed E-state index contributed by atoms with van der Waals surface area (Å²) in [6.45, 7) is -0.406. The Balaban J connectivity index is 1.98. The molecule has 8 heteroatoms. The fraction of sp³-hybridized carbons (Fsp3) is 0.0714. The molecule has 0 aliphatic rings. The topological polar surface area (TPSA) is 41.1 Å². The van der Waals surface area contributed by atoms with Crippen LogP contribution < -0.4 is 10.6 Å². The predicted molar refractivity (Wildman–Crippen MR) is 74.8 cm³/mol. The van der Waals surface area contributed by atoms with Crippen molar-refractivity contribution in [2.45, 2.75) is 0 Å². The van der Waals surface area contributed by atoms with Gasteiger partial charge in [-0.15, -0.1) is 0 Å². The van der Waals surface area contributed by atoms with Crippen LogP contribution in [-0.4, -0.2) is 12.5 Å². The summed E-state index contributed by atoms with van der Waals surface area (Å²) >= 11 is 5.55. The highest BCUT2D eigenvalue weighted by Crippen LogP contribution is 2.20. The number of hydrogen-bond donors (Lipinski definition) is 2. The van der Waals surface area contributed by atoms with E-state index in [1.807, 2.05) is 0 Å². The summed E-state index contributed by atoms with van der Waals surface area (Å²) in [7, 11) is 0. The van der Waals surface area contributed by atoms with Gasteiger partial charge in [0.25, 0.3) is 0 Å². The maximum Gasteiger partial charge on any atom is 0.243 e. The van der Waals surface area contributed by atoms with Gasteiger partial charge >= 0.3 is 0 Å². The molecule has 2 aromatic rings. The molecule has 0 heterocycles. The second kappa shape index (κ2) is 6.65. The zero-order valence-corrected chi connectivity index (χ0v) is 11.6. The zero-order chi connectivity index (χ0) is 16.3. The molecule has 0 aromatic heterocycles. The molecule has 2 aromatic carbocycles. The summed E-state index contributed by atoms with van der Waals surface area (Å²) in [5, 5.41) is 4.54. The molecular weight excluding hydrogens is 324 g/mol. The van der Waals surface area contributed by atoms with Crippen LogP contribution in [0.2, 0.25) is 5.02 Å². The predicted octanol–water partition coefficient (Wildman–Crippen LogP) is 3.95. The minimum absolute atomic E-state index is 0.169. The maximum atomic E-state index is 13.4. The third kappa shape index (κ3) is 3.67. The van der Waals surface area contributed by atoms with E-state index in [4.69, 9.17) is 11.6 Å². The van der Waals surface area contributed by atoms with Gasteiger partial charge in [0.15, 0.2) is 17.5 Å². The van der Waals surface area contributed by atoms with E-state index in [0.717, 1.165) is 18.2 Å². The Morgan fingerprint density at radius 3 is 2.36 bits per heavy atom. The molecule has 1 amide bonds. The normalized spacial score (nSPS) is 10.4. The number of hydrogen-bond acceptors (Lipinski definition) is 2. The van der Waals surface area contributed by atoms with E-state index >= 15 is 0 Å². The summed E-state index contributed by atoms with van der Waals surface area (Å²) < 4.78 is 52.1. The van der Waals surface area contributed by atoms with E-state index in [0.29, 0.717) is 0 Å². The Bertz CT molecular complexity index is 724. The number of amides is 1. The monoisotopic (exact) mass is 332 g/mol. The molecule has 116 valence electrons. The van der Waals surface area contributed by atoms with Gasteiger partial charge in [0, 0.05) is 5.69 Å². The van der Waals surface area contributed by atoms with Gasteiger partial charge in [0.2, 0.25) is 5.91 Å². The van der Waals surface area contributed by atoms with Gasteiger partial charge in [-0.2, -0.15) is 0 Å². The minimum Gasteiger partial charge on any atom is -0.374 e. The van der Waals surface area contributed by atoms with Gasteiger partial charge in [-0.25, -0.2) is 17.6 Å². The molecule has 0 fully saturated rings.